The van der Waals surface area contributed by atoms with Gasteiger partial charge in [-0.1, -0.05) is 20.8 Å². The van der Waals surface area contributed by atoms with Gasteiger partial charge in [0, 0.05) is 6.61 Å². The summed E-state index contributed by atoms with van der Waals surface area (Å²) >= 11 is 0. The Labute approximate surface area is 87.7 Å². The normalized spacial score (nSPS) is 25.3. The van der Waals surface area contributed by atoms with Gasteiger partial charge in [-0.25, -0.2) is 0 Å². The Morgan fingerprint density at radius 3 is 2.64 bits per heavy atom. The Bertz CT molecular complexity index is 154. The molecule has 1 aliphatic heterocycles. The topological polar surface area (TPSA) is 29.5 Å². The van der Waals surface area contributed by atoms with Crippen LogP contribution in [-0.2, 0) is 4.74 Å². The van der Waals surface area contributed by atoms with Crippen LogP contribution < -0.4 is 0 Å². The van der Waals surface area contributed by atoms with E-state index in [1.165, 1.54) is 12.8 Å². The average Bonchev–Trinajstić information content (AvgIpc) is 2.55. The van der Waals surface area contributed by atoms with Crippen LogP contribution in [0.2, 0.25) is 0 Å². The maximum Gasteiger partial charge on any atom is 0.0588 e. The van der Waals surface area contributed by atoms with E-state index in [1.807, 2.05) is 0 Å². The molecule has 1 rings (SSSR count). The molecule has 0 radical (unpaired) electrons. The van der Waals surface area contributed by atoms with E-state index in [9.17, 15) is 5.11 Å². The molecular formula is C12H24O2. The van der Waals surface area contributed by atoms with E-state index in [2.05, 4.69) is 20.8 Å². The van der Waals surface area contributed by atoms with Crippen molar-refractivity contribution in [2.75, 3.05) is 6.61 Å². The van der Waals surface area contributed by atoms with Gasteiger partial charge in [-0.15, -0.1) is 0 Å². The molecule has 0 bridgehead atoms. The molecule has 2 heteroatoms. The zero-order valence-corrected chi connectivity index (χ0v) is 9.75. The first-order chi connectivity index (χ1) is 6.50. The second kappa shape index (κ2) is 5.13. The lowest BCUT2D eigenvalue weighted by Gasteiger charge is -2.26. The van der Waals surface area contributed by atoms with Crippen molar-refractivity contribution in [2.24, 2.45) is 5.41 Å². The second-order valence-electron chi connectivity index (χ2n) is 5.45. The van der Waals surface area contributed by atoms with Crippen molar-refractivity contribution in [3.8, 4) is 0 Å². The molecule has 2 unspecified atom stereocenters. The smallest absolute Gasteiger partial charge is 0.0588 e. The Hall–Kier alpha value is -0.0800. The Morgan fingerprint density at radius 1 is 1.43 bits per heavy atom. The zero-order chi connectivity index (χ0) is 10.6. The van der Waals surface area contributed by atoms with Gasteiger partial charge in [0.25, 0.3) is 0 Å². The Kier molecular flexibility index (Phi) is 4.39. The molecule has 2 atom stereocenters. The highest BCUT2D eigenvalue weighted by Gasteiger charge is 2.22. The molecule has 14 heavy (non-hydrogen) atoms. The van der Waals surface area contributed by atoms with Crippen molar-refractivity contribution in [2.45, 2.75) is 65.1 Å². The summed E-state index contributed by atoms with van der Waals surface area (Å²) in [6, 6.07) is 0. The van der Waals surface area contributed by atoms with Gasteiger partial charge in [-0.05, 0) is 37.5 Å². The van der Waals surface area contributed by atoms with Gasteiger partial charge in [0.2, 0.25) is 0 Å². The van der Waals surface area contributed by atoms with Gasteiger partial charge in [0.15, 0.2) is 0 Å². The number of hydrogen-bond donors (Lipinski definition) is 1. The third-order valence-corrected chi connectivity index (χ3v) is 3.03. The fourth-order valence-corrected chi connectivity index (χ4v) is 1.84. The van der Waals surface area contributed by atoms with Crippen LogP contribution in [-0.4, -0.2) is 23.9 Å². The molecule has 1 saturated heterocycles. The molecular weight excluding hydrogens is 176 g/mol. The second-order valence-corrected chi connectivity index (χ2v) is 5.45. The summed E-state index contributed by atoms with van der Waals surface area (Å²) in [5, 5.41) is 9.82. The minimum Gasteiger partial charge on any atom is -0.393 e. The third-order valence-electron chi connectivity index (χ3n) is 3.03. The van der Waals surface area contributed by atoms with Crippen LogP contribution in [0.1, 0.15) is 52.9 Å². The molecule has 0 amide bonds. The third kappa shape index (κ3) is 3.97. The van der Waals surface area contributed by atoms with Crippen LogP contribution in [0.25, 0.3) is 0 Å². The van der Waals surface area contributed by atoms with E-state index in [0.29, 0.717) is 6.10 Å². The SMILES string of the molecule is CC(C)(C)C(O)CCCC1CCCO1. The van der Waals surface area contributed by atoms with Gasteiger partial charge in [-0.3, -0.25) is 0 Å². The predicted molar refractivity (Wildman–Crippen MR) is 58.3 cm³/mol. The first-order valence-corrected chi connectivity index (χ1v) is 5.80. The minimum absolute atomic E-state index is 0.0243. The molecule has 1 N–H and O–H groups in total. The highest BCUT2D eigenvalue weighted by atomic mass is 16.5. The quantitative estimate of drug-likeness (QED) is 0.756. The van der Waals surface area contributed by atoms with Crippen molar-refractivity contribution in [1.29, 1.82) is 0 Å². The maximum absolute atomic E-state index is 9.82. The van der Waals surface area contributed by atoms with Crippen LogP contribution in [0, 0.1) is 5.41 Å². The monoisotopic (exact) mass is 200 g/mol. The minimum atomic E-state index is -0.177. The van der Waals surface area contributed by atoms with Crippen molar-refractivity contribution in [3.63, 3.8) is 0 Å². The van der Waals surface area contributed by atoms with E-state index in [4.69, 9.17) is 4.74 Å². The predicted octanol–water partition coefficient (Wildman–Crippen LogP) is 2.74. The van der Waals surface area contributed by atoms with E-state index >= 15 is 0 Å². The van der Waals surface area contributed by atoms with Crippen LogP contribution in [0.3, 0.4) is 0 Å². The first-order valence-electron chi connectivity index (χ1n) is 5.80. The summed E-state index contributed by atoms with van der Waals surface area (Å²) in [6.07, 6.45) is 5.84. The molecule has 0 aliphatic carbocycles. The van der Waals surface area contributed by atoms with Gasteiger partial charge in [-0.2, -0.15) is 0 Å². The van der Waals surface area contributed by atoms with Crippen molar-refractivity contribution >= 4 is 0 Å². The lowest BCUT2D eigenvalue weighted by Crippen LogP contribution is -2.26. The molecule has 0 aromatic carbocycles. The summed E-state index contributed by atoms with van der Waals surface area (Å²) in [5.41, 5.74) is 0.0243. The molecule has 0 saturated carbocycles. The summed E-state index contributed by atoms with van der Waals surface area (Å²) in [6.45, 7) is 7.20. The fraction of sp³-hybridized carbons (Fsp3) is 1.00. The van der Waals surface area contributed by atoms with E-state index in [1.54, 1.807) is 0 Å². The van der Waals surface area contributed by atoms with Crippen LogP contribution in [0.15, 0.2) is 0 Å². The van der Waals surface area contributed by atoms with Crippen LogP contribution in [0.4, 0.5) is 0 Å². The molecule has 84 valence electrons. The number of aliphatic hydroxyl groups excluding tert-OH is 1. The zero-order valence-electron chi connectivity index (χ0n) is 9.75. The molecule has 0 aromatic rings. The van der Waals surface area contributed by atoms with Crippen LogP contribution in [0.5, 0.6) is 0 Å². The largest absolute Gasteiger partial charge is 0.393 e. The lowest BCUT2D eigenvalue weighted by molar-refractivity contribution is 0.0459. The summed E-state index contributed by atoms with van der Waals surface area (Å²) in [4.78, 5) is 0. The molecule has 1 heterocycles. The summed E-state index contributed by atoms with van der Waals surface area (Å²) < 4.78 is 5.54. The van der Waals surface area contributed by atoms with Crippen LogP contribution >= 0.6 is 0 Å². The Morgan fingerprint density at radius 2 is 2.14 bits per heavy atom. The van der Waals surface area contributed by atoms with Crippen molar-refractivity contribution < 1.29 is 9.84 Å². The highest BCUT2D eigenvalue weighted by Crippen LogP contribution is 2.25. The number of ether oxygens (including phenoxy) is 1. The molecule has 0 spiro atoms. The van der Waals surface area contributed by atoms with E-state index in [-0.39, 0.29) is 11.5 Å². The molecule has 1 aliphatic rings. The lowest BCUT2D eigenvalue weighted by atomic mass is 9.86. The molecule has 1 fully saturated rings. The van der Waals surface area contributed by atoms with Gasteiger partial charge < -0.3 is 9.84 Å². The first kappa shape index (κ1) is 12.0. The van der Waals surface area contributed by atoms with Crippen molar-refractivity contribution in [3.05, 3.63) is 0 Å². The number of hydrogen-bond acceptors (Lipinski definition) is 2. The maximum atomic E-state index is 9.82. The van der Waals surface area contributed by atoms with Gasteiger partial charge in [0.1, 0.15) is 0 Å². The number of rotatable bonds is 4. The molecule has 0 aromatic heterocycles. The Balaban J connectivity index is 2.08. The van der Waals surface area contributed by atoms with Crippen molar-refractivity contribution in [1.82, 2.24) is 0 Å². The number of aliphatic hydroxyl groups is 1. The highest BCUT2D eigenvalue weighted by molar-refractivity contribution is 4.73. The average molecular weight is 200 g/mol. The van der Waals surface area contributed by atoms with Gasteiger partial charge in [0.05, 0.1) is 12.2 Å². The van der Waals surface area contributed by atoms with Gasteiger partial charge >= 0.3 is 0 Å². The van der Waals surface area contributed by atoms with E-state index < -0.39 is 0 Å². The summed E-state index contributed by atoms with van der Waals surface area (Å²) in [7, 11) is 0. The standard InChI is InChI=1S/C12H24O2/c1-12(2,3)11(13)8-4-6-10-7-5-9-14-10/h10-11,13H,4-9H2,1-3H3. The summed E-state index contributed by atoms with van der Waals surface area (Å²) in [5.74, 6) is 0. The van der Waals surface area contributed by atoms with E-state index in [0.717, 1.165) is 25.9 Å². The molecule has 2 nitrogen and oxygen atoms in total. The fourth-order valence-electron chi connectivity index (χ4n) is 1.84.